The third-order valence-electron chi connectivity index (χ3n) is 3.47. The minimum Gasteiger partial charge on any atom is -0.480 e. The molecule has 1 aliphatic heterocycles. The monoisotopic (exact) mass is 213 g/mol. The molecule has 1 heterocycles. The number of nitrogens with zero attached hydrogens (tertiary/aromatic N) is 1. The van der Waals surface area contributed by atoms with E-state index in [2.05, 4.69) is 11.8 Å². The zero-order valence-electron chi connectivity index (χ0n) is 9.91. The fraction of sp³-hybridized carbons (Fsp3) is 0.917. The van der Waals surface area contributed by atoms with Gasteiger partial charge in [-0.3, -0.25) is 9.69 Å². The predicted octanol–water partition coefficient (Wildman–Crippen LogP) is 2.50. The number of carboxylic acid groups (broad SMARTS) is 1. The number of carboxylic acids is 1. The number of hydrogen-bond donors (Lipinski definition) is 1. The summed E-state index contributed by atoms with van der Waals surface area (Å²) in [4.78, 5) is 13.4. The first-order chi connectivity index (χ1) is 7.20. The quantitative estimate of drug-likeness (QED) is 0.780. The average molecular weight is 213 g/mol. The Kier molecular flexibility index (Phi) is 5.09. The molecule has 0 aliphatic carbocycles. The first-order valence-corrected chi connectivity index (χ1v) is 6.19. The van der Waals surface area contributed by atoms with Gasteiger partial charge < -0.3 is 5.11 Å². The Hall–Kier alpha value is -0.570. The minimum absolute atomic E-state index is 0.270. The molecular weight excluding hydrogens is 190 g/mol. The van der Waals surface area contributed by atoms with Crippen LogP contribution in [0.25, 0.3) is 0 Å². The summed E-state index contributed by atoms with van der Waals surface area (Å²) in [6.45, 7) is 5.09. The maximum Gasteiger partial charge on any atom is 0.320 e. The van der Waals surface area contributed by atoms with Crippen LogP contribution in [-0.2, 0) is 4.79 Å². The van der Waals surface area contributed by atoms with Gasteiger partial charge in [-0.1, -0.05) is 26.7 Å². The first-order valence-electron chi connectivity index (χ1n) is 6.19. The Morgan fingerprint density at radius 3 is 2.67 bits per heavy atom. The molecule has 0 aromatic rings. The topological polar surface area (TPSA) is 40.5 Å². The second kappa shape index (κ2) is 6.11. The second-order valence-electron chi connectivity index (χ2n) is 4.41. The lowest BCUT2D eigenvalue weighted by Gasteiger charge is -2.33. The molecule has 15 heavy (non-hydrogen) atoms. The molecule has 1 N–H and O–H groups in total. The molecule has 1 saturated heterocycles. The molecule has 1 aliphatic rings. The van der Waals surface area contributed by atoms with Crippen molar-refractivity contribution < 1.29 is 9.90 Å². The fourth-order valence-corrected chi connectivity index (χ4v) is 2.60. The van der Waals surface area contributed by atoms with E-state index in [1.807, 2.05) is 6.92 Å². The number of likely N-dealkylation sites (tertiary alicyclic amines) is 1. The van der Waals surface area contributed by atoms with Gasteiger partial charge in [-0.25, -0.2) is 0 Å². The van der Waals surface area contributed by atoms with Gasteiger partial charge in [0.15, 0.2) is 0 Å². The number of carbonyl (C=O) groups is 1. The van der Waals surface area contributed by atoms with Crippen LogP contribution >= 0.6 is 0 Å². The van der Waals surface area contributed by atoms with Crippen molar-refractivity contribution in [2.75, 3.05) is 6.54 Å². The molecule has 3 heteroatoms. The van der Waals surface area contributed by atoms with E-state index in [4.69, 9.17) is 0 Å². The molecule has 88 valence electrons. The van der Waals surface area contributed by atoms with E-state index < -0.39 is 5.97 Å². The molecule has 3 nitrogen and oxygen atoms in total. The predicted molar refractivity (Wildman–Crippen MR) is 61.0 cm³/mol. The van der Waals surface area contributed by atoms with Crippen LogP contribution in [0.5, 0.6) is 0 Å². The lowest BCUT2D eigenvalue weighted by Crippen LogP contribution is -2.46. The van der Waals surface area contributed by atoms with Gasteiger partial charge in [-0.05, 0) is 32.2 Å². The van der Waals surface area contributed by atoms with Gasteiger partial charge >= 0.3 is 5.97 Å². The lowest BCUT2D eigenvalue weighted by molar-refractivity contribution is -0.144. The highest BCUT2D eigenvalue weighted by Gasteiger charge is 2.29. The van der Waals surface area contributed by atoms with Crippen molar-refractivity contribution in [2.24, 2.45) is 0 Å². The van der Waals surface area contributed by atoms with Crippen LogP contribution in [-0.4, -0.2) is 34.6 Å². The number of hydrogen-bond acceptors (Lipinski definition) is 2. The molecule has 0 bridgehead atoms. The Morgan fingerprint density at radius 1 is 1.40 bits per heavy atom. The average Bonchev–Trinajstić information content (AvgIpc) is 2.44. The van der Waals surface area contributed by atoms with E-state index >= 15 is 0 Å². The largest absolute Gasteiger partial charge is 0.480 e. The molecule has 0 radical (unpaired) electrons. The summed E-state index contributed by atoms with van der Waals surface area (Å²) < 4.78 is 0. The summed E-state index contributed by atoms with van der Waals surface area (Å²) in [5.74, 6) is -0.655. The van der Waals surface area contributed by atoms with Crippen molar-refractivity contribution in [3.63, 3.8) is 0 Å². The molecule has 2 atom stereocenters. The summed E-state index contributed by atoms with van der Waals surface area (Å²) in [5, 5.41) is 9.19. The highest BCUT2D eigenvalue weighted by molar-refractivity contribution is 5.73. The van der Waals surface area contributed by atoms with Gasteiger partial charge in [-0.2, -0.15) is 0 Å². The van der Waals surface area contributed by atoms with Crippen molar-refractivity contribution >= 4 is 5.97 Å². The number of rotatable bonds is 4. The van der Waals surface area contributed by atoms with Crippen molar-refractivity contribution in [1.29, 1.82) is 0 Å². The van der Waals surface area contributed by atoms with Crippen molar-refractivity contribution in [3.8, 4) is 0 Å². The van der Waals surface area contributed by atoms with E-state index in [1.165, 1.54) is 19.3 Å². The van der Waals surface area contributed by atoms with Gasteiger partial charge in [0, 0.05) is 6.04 Å². The lowest BCUT2D eigenvalue weighted by atomic mass is 10.0. The van der Waals surface area contributed by atoms with Crippen LogP contribution in [0.2, 0.25) is 0 Å². The summed E-state index contributed by atoms with van der Waals surface area (Å²) in [7, 11) is 0. The smallest absolute Gasteiger partial charge is 0.320 e. The third-order valence-corrected chi connectivity index (χ3v) is 3.47. The maximum atomic E-state index is 11.2. The van der Waals surface area contributed by atoms with E-state index in [1.54, 1.807) is 0 Å². The molecule has 2 unspecified atom stereocenters. The molecule has 0 saturated carbocycles. The first kappa shape index (κ1) is 12.5. The van der Waals surface area contributed by atoms with Crippen LogP contribution in [0, 0.1) is 0 Å². The van der Waals surface area contributed by atoms with Crippen LogP contribution in [0.15, 0.2) is 0 Å². The second-order valence-corrected chi connectivity index (χ2v) is 4.41. The van der Waals surface area contributed by atoms with Crippen LogP contribution < -0.4 is 0 Å². The maximum absolute atomic E-state index is 11.2. The van der Waals surface area contributed by atoms with Crippen molar-refractivity contribution in [2.45, 2.75) is 64.5 Å². The number of aliphatic carboxylic acids is 1. The van der Waals surface area contributed by atoms with Crippen molar-refractivity contribution in [1.82, 2.24) is 4.90 Å². The van der Waals surface area contributed by atoms with Gasteiger partial charge in [0.1, 0.15) is 6.04 Å². The van der Waals surface area contributed by atoms with Gasteiger partial charge in [0.25, 0.3) is 0 Å². The minimum atomic E-state index is -0.655. The molecule has 1 fully saturated rings. The molecule has 0 amide bonds. The normalized spacial score (nSPS) is 25.9. The Balaban J connectivity index is 2.71. The Morgan fingerprint density at radius 2 is 2.13 bits per heavy atom. The Bertz CT molecular complexity index is 206. The van der Waals surface area contributed by atoms with Gasteiger partial charge in [0.05, 0.1) is 0 Å². The van der Waals surface area contributed by atoms with Crippen LogP contribution in [0.1, 0.15) is 52.4 Å². The van der Waals surface area contributed by atoms with Crippen LogP contribution in [0.4, 0.5) is 0 Å². The summed E-state index contributed by atoms with van der Waals surface area (Å²) in [5.41, 5.74) is 0. The molecular formula is C12H23NO2. The molecule has 1 rings (SSSR count). The summed E-state index contributed by atoms with van der Waals surface area (Å²) >= 11 is 0. The van der Waals surface area contributed by atoms with E-state index in [0.29, 0.717) is 12.5 Å². The zero-order chi connectivity index (χ0) is 11.3. The van der Waals surface area contributed by atoms with E-state index in [0.717, 1.165) is 19.4 Å². The summed E-state index contributed by atoms with van der Waals surface area (Å²) in [6.07, 6.45) is 6.62. The van der Waals surface area contributed by atoms with E-state index in [9.17, 15) is 9.90 Å². The van der Waals surface area contributed by atoms with Crippen molar-refractivity contribution in [3.05, 3.63) is 0 Å². The van der Waals surface area contributed by atoms with Crippen LogP contribution in [0.3, 0.4) is 0 Å². The standard InChI is InChI=1S/C12H23NO2/c1-3-10-8-6-5-7-9-13(10)11(4-2)12(14)15/h10-11H,3-9H2,1-2H3,(H,14,15). The highest BCUT2D eigenvalue weighted by atomic mass is 16.4. The fourth-order valence-electron chi connectivity index (χ4n) is 2.60. The van der Waals surface area contributed by atoms with Gasteiger partial charge in [0.2, 0.25) is 0 Å². The molecule has 0 spiro atoms. The Labute approximate surface area is 92.5 Å². The molecule has 0 aromatic heterocycles. The molecule has 0 aromatic carbocycles. The zero-order valence-corrected chi connectivity index (χ0v) is 9.91. The highest BCUT2D eigenvalue weighted by Crippen LogP contribution is 2.22. The van der Waals surface area contributed by atoms with Gasteiger partial charge in [-0.15, -0.1) is 0 Å². The van der Waals surface area contributed by atoms with E-state index in [-0.39, 0.29) is 6.04 Å². The summed E-state index contributed by atoms with van der Waals surface area (Å²) in [6, 6.07) is 0.210. The SMILES string of the molecule is CCC1CCCCCN1C(CC)C(=O)O. The third kappa shape index (κ3) is 3.20.